The topological polar surface area (TPSA) is 53.6 Å². The van der Waals surface area contributed by atoms with Gasteiger partial charge in [-0.05, 0) is 18.6 Å². The summed E-state index contributed by atoms with van der Waals surface area (Å²) in [7, 11) is 0. The van der Waals surface area contributed by atoms with Crippen LogP contribution in [0.5, 0.6) is 5.75 Å². The predicted octanol–water partition coefficient (Wildman–Crippen LogP) is 1.00. The number of halogens is 1. The number of ether oxygens (including phenoxy) is 1. The minimum Gasteiger partial charge on any atom is -0.478 e. The van der Waals surface area contributed by atoms with Crippen molar-refractivity contribution in [1.29, 1.82) is 0 Å². The van der Waals surface area contributed by atoms with Crippen LogP contribution in [0.3, 0.4) is 0 Å². The largest absolute Gasteiger partial charge is 0.478 e. The normalized spacial score (nSPS) is 17.0. The zero-order valence-corrected chi connectivity index (χ0v) is 13.0. The van der Waals surface area contributed by atoms with E-state index in [1.54, 1.807) is 12.1 Å². The van der Waals surface area contributed by atoms with Crippen molar-refractivity contribution in [2.75, 3.05) is 39.3 Å². The van der Waals surface area contributed by atoms with E-state index in [-0.39, 0.29) is 11.7 Å². The Morgan fingerprint density at radius 2 is 2.14 bits per heavy atom. The lowest BCUT2D eigenvalue weighted by atomic mass is 10.2. The molecule has 0 spiro atoms. The van der Waals surface area contributed by atoms with Crippen molar-refractivity contribution >= 4 is 5.91 Å². The maximum absolute atomic E-state index is 13.6. The van der Waals surface area contributed by atoms with E-state index in [4.69, 9.17) is 4.74 Å². The Hall–Kier alpha value is -1.66. The summed E-state index contributed by atoms with van der Waals surface area (Å²) < 4.78 is 19.1. The number of rotatable bonds is 7. The fourth-order valence-electron chi connectivity index (χ4n) is 2.40. The van der Waals surface area contributed by atoms with Gasteiger partial charge in [-0.3, -0.25) is 9.69 Å². The molecule has 0 bridgehead atoms. The Morgan fingerprint density at radius 1 is 1.41 bits per heavy atom. The number of nitrogens with one attached hydrogen (secondary N) is 2. The lowest BCUT2D eigenvalue weighted by Gasteiger charge is -2.27. The van der Waals surface area contributed by atoms with Gasteiger partial charge in [-0.15, -0.1) is 0 Å². The van der Waals surface area contributed by atoms with Crippen LogP contribution < -0.4 is 15.4 Å². The summed E-state index contributed by atoms with van der Waals surface area (Å²) in [5.41, 5.74) is 0. The fraction of sp³-hybridized carbons (Fsp3) is 0.562. The molecule has 0 aromatic heterocycles. The minimum absolute atomic E-state index is 0.117. The Bertz CT molecular complexity index is 478. The van der Waals surface area contributed by atoms with E-state index in [9.17, 15) is 9.18 Å². The van der Waals surface area contributed by atoms with Crippen molar-refractivity contribution in [2.24, 2.45) is 0 Å². The van der Waals surface area contributed by atoms with Crippen LogP contribution in [0.25, 0.3) is 0 Å². The first-order valence-electron chi connectivity index (χ1n) is 7.82. The molecule has 1 aromatic carbocycles. The fourth-order valence-corrected chi connectivity index (χ4v) is 2.40. The average Bonchev–Trinajstić information content (AvgIpc) is 2.55. The van der Waals surface area contributed by atoms with Crippen LogP contribution in [0.4, 0.5) is 4.39 Å². The summed E-state index contributed by atoms with van der Waals surface area (Å²) in [5.74, 6) is -0.526. The molecular weight excluding hydrogens is 285 g/mol. The van der Waals surface area contributed by atoms with Crippen LogP contribution in [-0.2, 0) is 4.79 Å². The van der Waals surface area contributed by atoms with E-state index in [2.05, 4.69) is 15.5 Å². The van der Waals surface area contributed by atoms with Gasteiger partial charge in [0, 0.05) is 39.3 Å². The molecule has 22 heavy (non-hydrogen) atoms. The molecule has 1 aliphatic rings. The van der Waals surface area contributed by atoms with Crippen molar-refractivity contribution in [3.8, 4) is 5.75 Å². The lowest BCUT2D eigenvalue weighted by Crippen LogP contribution is -2.47. The summed E-state index contributed by atoms with van der Waals surface area (Å²) in [6.45, 7) is 7.22. The number of piperazine rings is 1. The molecule has 1 fully saturated rings. The molecule has 5 nitrogen and oxygen atoms in total. The maximum atomic E-state index is 13.6. The maximum Gasteiger partial charge on any atom is 0.261 e. The van der Waals surface area contributed by atoms with Gasteiger partial charge in [0.25, 0.3) is 5.91 Å². The van der Waals surface area contributed by atoms with Gasteiger partial charge in [0.05, 0.1) is 0 Å². The molecule has 2 rings (SSSR count). The van der Waals surface area contributed by atoms with E-state index in [1.807, 2.05) is 6.92 Å². The third-order valence-electron chi connectivity index (χ3n) is 3.71. The molecule has 1 saturated heterocycles. The smallest absolute Gasteiger partial charge is 0.261 e. The highest BCUT2D eigenvalue weighted by Crippen LogP contribution is 2.18. The monoisotopic (exact) mass is 309 g/mol. The van der Waals surface area contributed by atoms with Crippen molar-refractivity contribution < 1.29 is 13.9 Å². The predicted molar refractivity (Wildman–Crippen MR) is 83.4 cm³/mol. The van der Waals surface area contributed by atoms with Crippen LogP contribution >= 0.6 is 0 Å². The number of carbonyl (C=O) groups is 1. The van der Waals surface area contributed by atoms with Crippen molar-refractivity contribution in [2.45, 2.75) is 19.4 Å². The molecule has 122 valence electrons. The van der Waals surface area contributed by atoms with Crippen LogP contribution in [-0.4, -0.2) is 56.2 Å². The Labute approximate surface area is 130 Å². The highest BCUT2D eigenvalue weighted by Gasteiger charge is 2.19. The lowest BCUT2D eigenvalue weighted by molar-refractivity contribution is -0.128. The second kappa shape index (κ2) is 8.70. The van der Waals surface area contributed by atoms with Gasteiger partial charge in [-0.2, -0.15) is 0 Å². The number of carbonyl (C=O) groups excluding carboxylic acids is 1. The summed E-state index contributed by atoms with van der Waals surface area (Å²) in [6.07, 6.45) is -0.173. The number of nitrogens with zero attached hydrogens (tertiary/aromatic N) is 1. The van der Waals surface area contributed by atoms with Gasteiger partial charge >= 0.3 is 0 Å². The standard InChI is InChI=1S/C16H24FN3O2/c1-2-14(22-15-6-4-3-5-13(15)17)16(21)19-9-12-20-10-7-18-8-11-20/h3-6,14,18H,2,7-12H2,1H3,(H,19,21). The average molecular weight is 309 g/mol. The van der Waals surface area contributed by atoms with Crippen molar-refractivity contribution in [1.82, 2.24) is 15.5 Å². The quantitative estimate of drug-likeness (QED) is 0.789. The van der Waals surface area contributed by atoms with Crippen molar-refractivity contribution in [3.63, 3.8) is 0 Å². The zero-order chi connectivity index (χ0) is 15.8. The first-order valence-corrected chi connectivity index (χ1v) is 7.82. The summed E-state index contributed by atoms with van der Waals surface area (Å²) in [5, 5.41) is 6.16. The summed E-state index contributed by atoms with van der Waals surface area (Å²) >= 11 is 0. The van der Waals surface area contributed by atoms with E-state index in [0.717, 1.165) is 32.7 Å². The SMILES string of the molecule is CCC(Oc1ccccc1F)C(=O)NCCN1CCNCC1. The number of para-hydroxylation sites is 1. The number of benzene rings is 1. The van der Waals surface area contributed by atoms with Crippen LogP contribution in [0.15, 0.2) is 24.3 Å². The van der Waals surface area contributed by atoms with Crippen LogP contribution in [0.2, 0.25) is 0 Å². The zero-order valence-electron chi connectivity index (χ0n) is 13.0. The number of hydrogen-bond acceptors (Lipinski definition) is 4. The molecule has 1 atom stereocenters. The molecule has 1 unspecified atom stereocenters. The minimum atomic E-state index is -0.667. The van der Waals surface area contributed by atoms with E-state index < -0.39 is 11.9 Å². The molecule has 1 aromatic rings. The molecule has 2 N–H and O–H groups in total. The Balaban J connectivity index is 1.77. The third-order valence-corrected chi connectivity index (χ3v) is 3.71. The van der Waals surface area contributed by atoms with Crippen molar-refractivity contribution in [3.05, 3.63) is 30.1 Å². The molecule has 0 saturated carbocycles. The molecule has 1 aliphatic heterocycles. The van der Waals surface area contributed by atoms with Gasteiger partial charge in [0.1, 0.15) is 0 Å². The molecule has 1 heterocycles. The number of hydrogen-bond donors (Lipinski definition) is 2. The van der Waals surface area contributed by atoms with Gasteiger partial charge in [-0.25, -0.2) is 4.39 Å². The molecular formula is C16H24FN3O2. The molecule has 0 radical (unpaired) electrons. The summed E-state index contributed by atoms with van der Waals surface area (Å²) in [4.78, 5) is 14.4. The highest BCUT2D eigenvalue weighted by molar-refractivity contribution is 5.81. The van der Waals surface area contributed by atoms with E-state index in [1.165, 1.54) is 12.1 Å². The van der Waals surface area contributed by atoms with Gasteiger partial charge in [0.15, 0.2) is 17.7 Å². The third kappa shape index (κ3) is 4.96. The summed E-state index contributed by atoms with van der Waals surface area (Å²) in [6, 6.07) is 6.14. The second-order valence-electron chi connectivity index (χ2n) is 5.33. The van der Waals surface area contributed by atoms with E-state index in [0.29, 0.717) is 13.0 Å². The van der Waals surface area contributed by atoms with Gasteiger partial charge in [-0.1, -0.05) is 19.1 Å². The van der Waals surface area contributed by atoms with Gasteiger partial charge in [0.2, 0.25) is 0 Å². The second-order valence-corrected chi connectivity index (χ2v) is 5.33. The molecule has 1 amide bonds. The van der Waals surface area contributed by atoms with Gasteiger partial charge < -0.3 is 15.4 Å². The Kier molecular flexibility index (Phi) is 6.61. The van der Waals surface area contributed by atoms with E-state index >= 15 is 0 Å². The number of amides is 1. The Morgan fingerprint density at radius 3 is 2.82 bits per heavy atom. The molecule has 0 aliphatic carbocycles. The highest BCUT2D eigenvalue weighted by atomic mass is 19.1. The molecule has 6 heteroatoms. The van der Waals surface area contributed by atoms with Crippen LogP contribution in [0, 0.1) is 5.82 Å². The first-order chi connectivity index (χ1) is 10.7. The van der Waals surface area contributed by atoms with Crippen LogP contribution in [0.1, 0.15) is 13.3 Å². The first kappa shape index (κ1) is 16.7.